The number of hydrogen-bond donors (Lipinski definition) is 2. The van der Waals surface area contributed by atoms with Gasteiger partial charge in [-0.25, -0.2) is 0 Å². The van der Waals surface area contributed by atoms with E-state index < -0.39 is 6.10 Å². The minimum Gasteiger partial charge on any atom is -0.384 e. The molecule has 0 bridgehead atoms. The van der Waals surface area contributed by atoms with E-state index in [2.05, 4.69) is 5.32 Å². The van der Waals surface area contributed by atoms with Crippen LogP contribution < -0.4 is 5.32 Å². The fourth-order valence-corrected chi connectivity index (χ4v) is 1.54. The van der Waals surface area contributed by atoms with Crippen LogP contribution in [0.2, 0.25) is 0 Å². The Morgan fingerprint density at radius 1 is 1.44 bits per heavy atom. The van der Waals surface area contributed by atoms with Crippen LogP contribution in [0.3, 0.4) is 0 Å². The molecule has 1 heterocycles. The maximum absolute atomic E-state index is 11.5. The molecule has 1 unspecified atom stereocenters. The van der Waals surface area contributed by atoms with E-state index in [-0.39, 0.29) is 23.8 Å². The van der Waals surface area contributed by atoms with E-state index in [1.54, 1.807) is 4.90 Å². The Hall–Kier alpha value is -1.10. The summed E-state index contributed by atoms with van der Waals surface area (Å²) in [5.41, 5.74) is 0. The second kappa shape index (κ2) is 5.30. The predicted molar refractivity (Wildman–Crippen MR) is 59.6 cm³/mol. The van der Waals surface area contributed by atoms with Crippen LogP contribution >= 0.6 is 0 Å². The number of amides is 2. The van der Waals surface area contributed by atoms with Crippen molar-refractivity contribution in [3.63, 3.8) is 0 Å². The van der Waals surface area contributed by atoms with Gasteiger partial charge in [-0.1, -0.05) is 13.8 Å². The van der Waals surface area contributed by atoms with Gasteiger partial charge in [-0.2, -0.15) is 0 Å². The zero-order valence-electron chi connectivity index (χ0n) is 10.1. The van der Waals surface area contributed by atoms with Crippen LogP contribution in [0, 0.1) is 5.92 Å². The minimum absolute atomic E-state index is 0.0153. The molecule has 0 aromatic carbocycles. The number of rotatable bonds is 4. The first kappa shape index (κ1) is 13.0. The first-order chi connectivity index (χ1) is 7.45. The van der Waals surface area contributed by atoms with Crippen LogP contribution in [0.4, 0.5) is 0 Å². The van der Waals surface area contributed by atoms with Gasteiger partial charge >= 0.3 is 0 Å². The normalized spacial score (nSPS) is 19.9. The highest BCUT2D eigenvalue weighted by Crippen LogP contribution is 2.11. The van der Waals surface area contributed by atoms with Crippen molar-refractivity contribution < 1.29 is 14.7 Å². The number of carbonyl (C=O) groups excluding carboxylic acids is 2. The van der Waals surface area contributed by atoms with E-state index in [9.17, 15) is 9.59 Å². The van der Waals surface area contributed by atoms with Gasteiger partial charge in [0.25, 0.3) is 5.91 Å². The van der Waals surface area contributed by atoms with E-state index in [0.717, 1.165) is 6.42 Å². The predicted octanol–water partition coefficient (Wildman–Crippen LogP) is -0.260. The van der Waals surface area contributed by atoms with Gasteiger partial charge in [-0.15, -0.1) is 0 Å². The molecule has 16 heavy (non-hydrogen) atoms. The van der Waals surface area contributed by atoms with Crippen molar-refractivity contribution in [2.45, 2.75) is 39.3 Å². The lowest BCUT2D eigenvalue weighted by Gasteiger charge is -2.40. The van der Waals surface area contributed by atoms with E-state index in [1.165, 1.54) is 6.92 Å². The second-order valence-electron chi connectivity index (χ2n) is 4.43. The van der Waals surface area contributed by atoms with Gasteiger partial charge in [0.15, 0.2) is 0 Å². The fourth-order valence-electron chi connectivity index (χ4n) is 1.54. The molecule has 5 nitrogen and oxygen atoms in total. The van der Waals surface area contributed by atoms with Gasteiger partial charge in [-0.3, -0.25) is 9.59 Å². The lowest BCUT2D eigenvalue weighted by molar-refractivity contribution is -0.145. The Bertz CT molecular complexity index is 272. The van der Waals surface area contributed by atoms with Crippen molar-refractivity contribution in [1.82, 2.24) is 10.2 Å². The SMILES string of the molecule is CCC(C)C(=O)NC1CN(C(=O)[C@@H](C)O)C1. The first-order valence-electron chi connectivity index (χ1n) is 5.73. The highest BCUT2D eigenvalue weighted by atomic mass is 16.3. The third-order valence-corrected chi connectivity index (χ3v) is 2.96. The number of likely N-dealkylation sites (tertiary alicyclic amines) is 1. The molecular formula is C11H20N2O3. The molecule has 5 heteroatoms. The zero-order chi connectivity index (χ0) is 12.3. The molecule has 2 atom stereocenters. The summed E-state index contributed by atoms with van der Waals surface area (Å²) in [6.07, 6.45) is -0.138. The molecule has 2 amide bonds. The average molecular weight is 228 g/mol. The van der Waals surface area contributed by atoms with Gasteiger partial charge < -0.3 is 15.3 Å². The summed E-state index contributed by atoms with van der Waals surface area (Å²) in [6.45, 7) is 6.31. The Labute approximate surface area is 95.8 Å². The van der Waals surface area contributed by atoms with E-state index in [1.807, 2.05) is 13.8 Å². The molecule has 92 valence electrons. The molecule has 1 saturated heterocycles. The third kappa shape index (κ3) is 2.95. The van der Waals surface area contributed by atoms with Crippen LogP contribution in [-0.2, 0) is 9.59 Å². The van der Waals surface area contributed by atoms with Crippen molar-refractivity contribution in [1.29, 1.82) is 0 Å². The van der Waals surface area contributed by atoms with Crippen LogP contribution in [0.5, 0.6) is 0 Å². The van der Waals surface area contributed by atoms with E-state index in [4.69, 9.17) is 5.11 Å². The molecule has 0 aromatic heterocycles. The molecule has 1 aliphatic rings. The molecule has 1 rings (SSSR count). The van der Waals surface area contributed by atoms with Crippen molar-refractivity contribution in [3.05, 3.63) is 0 Å². The van der Waals surface area contributed by atoms with Crippen LogP contribution in [-0.4, -0.2) is 47.1 Å². The second-order valence-corrected chi connectivity index (χ2v) is 4.43. The van der Waals surface area contributed by atoms with Gasteiger partial charge in [-0.05, 0) is 13.3 Å². The molecular weight excluding hydrogens is 208 g/mol. The maximum Gasteiger partial charge on any atom is 0.251 e. The van der Waals surface area contributed by atoms with Crippen molar-refractivity contribution in [2.75, 3.05) is 13.1 Å². The minimum atomic E-state index is -0.953. The molecule has 2 N–H and O–H groups in total. The third-order valence-electron chi connectivity index (χ3n) is 2.96. The molecule has 0 spiro atoms. The van der Waals surface area contributed by atoms with E-state index in [0.29, 0.717) is 13.1 Å². The Kier molecular flexibility index (Phi) is 4.29. The maximum atomic E-state index is 11.5. The Balaban J connectivity index is 2.27. The molecule has 0 radical (unpaired) electrons. The fraction of sp³-hybridized carbons (Fsp3) is 0.818. The number of hydrogen-bond acceptors (Lipinski definition) is 3. The Morgan fingerprint density at radius 3 is 2.44 bits per heavy atom. The molecule has 0 aliphatic carbocycles. The van der Waals surface area contributed by atoms with Crippen LogP contribution in [0.1, 0.15) is 27.2 Å². The lowest BCUT2D eigenvalue weighted by atomic mass is 10.0. The quantitative estimate of drug-likeness (QED) is 0.696. The standard InChI is InChI=1S/C11H20N2O3/c1-4-7(2)10(15)12-9-5-13(6-9)11(16)8(3)14/h7-9,14H,4-6H2,1-3H3,(H,12,15)/t7?,8-/m1/s1. The smallest absolute Gasteiger partial charge is 0.251 e. The molecule has 0 saturated carbocycles. The van der Waals surface area contributed by atoms with Crippen LogP contribution in [0.25, 0.3) is 0 Å². The summed E-state index contributed by atoms with van der Waals surface area (Å²) in [5.74, 6) is -0.216. The topological polar surface area (TPSA) is 69.6 Å². The first-order valence-corrected chi connectivity index (χ1v) is 5.73. The van der Waals surface area contributed by atoms with Gasteiger partial charge in [0.2, 0.25) is 5.91 Å². The zero-order valence-corrected chi connectivity index (χ0v) is 10.1. The Morgan fingerprint density at radius 2 is 2.00 bits per heavy atom. The highest BCUT2D eigenvalue weighted by Gasteiger charge is 2.33. The summed E-state index contributed by atoms with van der Waals surface area (Å²) in [4.78, 5) is 24.4. The van der Waals surface area contributed by atoms with Crippen molar-refractivity contribution >= 4 is 11.8 Å². The summed E-state index contributed by atoms with van der Waals surface area (Å²) in [7, 11) is 0. The molecule has 0 aromatic rings. The summed E-state index contributed by atoms with van der Waals surface area (Å²) in [6, 6.07) is 0.0456. The summed E-state index contributed by atoms with van der Waals surface area (Å²) >= 11 is 0. The summed E-state index contributed by atoms with van der Waals surface area (Å²) in [5, 5.41) is 11.9. The lowest BCUT2D eigenvalue weighted by Crippen LogP contribution is -2.62. The molecule has 1 aliphatic heterocycles. The summed E-state index contributed by atoms with van der Waals surface area (Å²) < 4.78 is 0. The van der Waals surface area contributed by atoms with Crippen molar-refractivity contribution in [3.8, 4) is 0 Å². The number of aliphatic hydroxyl groups is 1. The largest absolute Gasteiger partial charge is 0.384 e. The van der Waals surface area contributed by atoms with Gasteiger partial charge in [0, 0.05) is 19.0 Å². The monoisotopic (exact) mass is 228 g/mol. The molecule has 1 fully saturated rings. The van der Waals surface area contributed by atoms with Crippen LogP contribution in [0.15, 0.2) is 0 Å². The van der Waals surface area contributed by atoms with Gasteiger partial charge in [0.05, 0.1) is 6.04 Å². The average Bonchev–Trinajstić information content (AvgIpc) is 2.19. The number of carbonyl (C=O) groups is 2. The number of aliphatic hydroxyl groups excluding tert-OH is 1. The van der Waals surface area contributed by atoms with Crippen molar-refractivity contribution in [2.24, 2.45) is 5.92 Å². The van der Waals surface area contributed by atoms with E-state index >= 15 is 0 Å². The van der Waals surface area contributed by atoms with Gasteiger partial charge in [0.1, 0.15) is 6.10 Å². The highest BCUT2D eigenvalue weighted by molar-refractivity contribution is 5.82. The number of nitrogens with one attached hydrogen (secondary N) is 1. The number of nitrogens with zero attached hydrogens (tertiary/aromatic N) is 1.